The summed E-state index contributed by atoms with van der Waals surface area (Å²) in [5, 5.41) is 33.0. The minimum Gasteiger partial charge on any atom is -0.479 e. The minimum atomic E-state index is -4.41. The van der Waals surface area contributed by atoms with Crippen LogP contribution in [0, 0.1) is 11.6 Å². The largest absolute Gasteiger partial charge is 0.479 e. The van der Waals surface area contributed by atoms with E-state index in [1.54, 1.807) is 34.7 Å². The zero-order valence-electron chi connectivity index (χ0n) is 33.1. The van der Waals surface area contributed by atoms with Crippen molar-refractivity contribution in [1.29, 1.82) is 0 Å². The minimum absolute atomic E-state index is 0.0859. The number of carboxylic acid groups (broad SMARTS) is 2. The third-order valence-corrected chi connectivity index (χ3v) is 10.00. The molecule has 0 aliphatic heterocycles. The number of aliphatic hydroxyl groups excluding tert-OH is 2. The Labute approximate surface area is 342 Å². The summed E-state index contributed by atoms with van der Waals surface area (Å²) in [6.07, 6.45) is -7.85. The number of aliphatic hydroxyl groups is 2. The second-order valence-electron chi connectivity index (χ2n) is 14.0. The molecule has 16 heteroatoms. The van der Waals surface area contributed by atoms with Gasteiger partial charge < -0.3 is 34.8 Å². The monoisotopic (exact) mass is 839 g/mol. The number of pyridine rings is 1. The summed E-state index contributed by atoms with van der Waals surface area (Å²) in [5.74, 6) is -5.64. The highest BCUT2D eigenvalue weighted by Crippen LogP contribution is 2.31. The van der Waals surface area contributed by atoms with Crippen molar-refractivity contribution >= 4 is 28.7 Å². The van der Waals surface area contributed by atoms with E-state index in [1.165, 1.54) is 30.3 Å². The van der Waals surface area contributed by atoms with Crippen molar-refractivity contribution in [3.8, 4) is 11.1 Å². The fraction of sp³-hybridized carbons (Fsp3) is 0.318. The lowest BCUT2D eigenvalue weighted by Gasteiger charge is -2.22. The Balaban J connectivity index is 0.000000703. The normalized spacial score (nSPS) is 12.4. The summed E-state index contributed by atoms with van der Waals surface area (Å²) in [7, 11) is 1.67. The number of likely N-dealkylation sites (N-methyl/N-ethyl adjacent to an activating group) is 2. The average molecular weight is 840 g/mol. The number of amides is 1. The van der Waals surface area contributed by atoms with Gasteiger partial charge in [0.2, 0.25) is 5.91 Å². The molecule has 320 valence electrons. The van der Waals surface area contributed by atoms with E-state index in [4.69, 9.17) is 20.4 Å². The molecule has 0 fully saturated rings. The Morgan fingerprint density at radius 3 is 1.87 bits per heavy atom. The molecule has 0 spiro atoms. The van der Waals surface area contributed by atoms with E-state index < -0.39 is 47.5 Å². The molecule has 0 aliphatic carbocycles. The van der Waals surface area contributed by atoms with Crippen molar-refractivity contribution in [1.82, 2.24) is 14.4 Å². The molecule has 2 atom stereocenters. The number of rotatable bonds is 16. The van der Waals surface area contributed by atoms with Crippen molar-refractivity contribution in [2.75, 3.05) is 26.7 Å². The average Bonchev–Trinajstić information content (AvgIpc) is 3.22. The van der Waals surface area contributed by atoms with Crippen LogP contribution in [-0.4, -0.2) is 91.5 Å². The first kappa shape index (κ1) is 46.7. The third-order valence-electron chi connectivity index (χ3n) is 10.00. The van der Waals surface area contributed by atoms with E-state index in [-0.39, 0.29) is 42.8 Å². The molecule has 4 aromatic carbocycles. The fourth-order valence-corrected chi connectivity index (χ4v) is 6.39. The van der Waals surface area contributed by atoms with E-state index in [0.29, 0.717) is 22.2 Å². The molecule has 0 bridgehead atoms. The number of hydrogen-bond donors (Lipinski definition) is 4. The Hall–Kier alpha value is -5.97. The van der Waals surface area contributed by atoms with E-state index in [9.17, 15) is 41.1 Å². The number of alkyl halides is 3. The topological polar surface area (TPSA) is 161 Å². The first-order valence-electron chi connectivity index (χ1n) is 19.0. The molecule has 11 nitrogen and oxygen atoms in total. The van der Waals surface area contributed by atoms with E-state index in [2.05, 4.69) is 18.7 Å². The Kier molecular flexibility index (Phi) is 16.2. The van der Waals surface area contributed by atoms with Gasteiger partial charge in [0.25, 0.3) is 0 Å². The maximum absolute atomic E-state index is 14.6. The summed E-state index contributed by atoms with van der Waals surface area (Å²) in [5.41, 5.74) is 3.61. The SMILES string of the molecule is CCN(CC)CCc1ccc2c(=O)cc(CCc3cccc(F)c3F)n(CC(=O)N(C)Cc3ccc(-c4ccc(C(F)(F)F)cc4)cc3)c2c1.O=C(O)[C@H](O)[C@@H](O)C(=O)O. The first-order chi connectivity index (χ1) is 28.3. The van der Waals surface area contributed by atoms with Crippen molar-refractivity contribution < 1.29 is 56.8 Å². The first-order valence-corrected chi connectivity index (χ1v) is 19.0. The number of carboxylic acids is 2. The van der Waals surface area contributed by atoms with Gasteiger partial charge in [-0.15, -0.1) is 0 Å². The van der Waals surface area contributed by atoms with Crippen LogP contribution >= 0.6 is 0 Å². The van der Waals surface area contributed by atoms with E-state index in [1.807, 2.05) is 24.3 Å². The molecule has 0 aliphatic rings. The van der Waals surface area contributed by atoms with E-state index >= 15 is 0 Å². The highest BCUT2D eigenvalue weighted by atomic mass is 19.4. The number of aliphatic carboxylic acids is 2. The summed E-state index contributed by atoms with van der Waals surface area (Å²) >= 11 is 0. The van der Waals surface area contributed by atoms with Crippen LogP contribution in [0.15, 0.2) is 95.8 Å². The van der Waals surface area contributed by atoms with Crippen molar-refractivity contribution in [2.45, 2.75) is 64.6 Å². The van der Waals surface area contributed by atoms with Gasteiger partial charge in [0.15, 0.2) is 29.3 Å². The van der Waals surface area contributed by atoms with Gasteiger partial charge in [-0.1, -0.05) is 68.4 Å². The second-order valence-corrected chi connectivity index (χ2v) is 14.0. The van der Waals surface area contributed by atoms with Crippen LogP contribution in [0.1, 0.15) is 41.8 Å². The molecule has 60 heavy (non-hydrogen) atoms. The second kappa shape index (κ2) is 20.8. The highest BCUT2D eigenvalue weighted by Gasteiger charge is 2.30. The summed E-state index contributed by atoms with van der Waals surface area (Å²) in [4.78, 5) is 50.5. The zero-order chi connectivity index (χ0) is 44.3. The lowest BCUT2D eigenvalue weighted by molar-refractivity contribution is -0.165. The number of carbonyl (C=O) groups excluding carboxylic acids is 1. The van der Waals surface area contributed by atoms with E-state index in [0.717, 1.165) is 60.9 Å². The Morgan fingerprint density at radius 1 is 0.750 bits per heavy atom. The predicted octanol–water partition coefficient (Wildman–Crippen LogP) is 6.17. The third kappa shape index (κ3) is 12.3. The highest BCUT2D eigenvalue weighted by molar-refractivity contribution is 5.84. The van der Waals surface area contributed by atoms with Crippen LogP contribution in [0.3, 0.4) is 0 Å². The molecule has 0 saturated carbocycles. The quantitative estimate of drug-likeness (QED) is 0.0853. The molecule has 0 saturated heterocycles. The number of fused-ring (bicyclic) bond motifs is 1. The molecule has 5 aromatic rings. The van der Waals surface area contributed by atoms with Gasteiger partial charge in [-0.3, -0.25) is 9.59 Å². The van der Waals surface area contributed by atoms with Crippen LogP contribution in [0.25, 0.3) is 22.0 Å². The zero-order valence-corrected chi connectivity index (χ0v) is 33.1. The van der Waals surface area contributed by atoms with Crippen LogP contribution < -0.4 is 5.43 Å². The number of nitrogens with zero attached hydrogens (tertiary/aromatic N) is 3. The maximum Gasteiger partial charge on any atom is 0.416 e. The number of benzene rings is 4. The van der Waals surface area contributed by atoms with Crippen molar-refractivity contribution in [3.63, 3.8) is 0 Å². The standard InChI is InChI=1S/C40H40F5N3O2.C4H6O6/c1-4-47(5-2)22-21-27-11-20-34-36(23-27)48(33(24-37(34)49)19-16-31-7-6-8-35(41)39(31)42)26-38(50)46(3)25-28-9-12-29(13-10-28)30-14-17-32(18-15-30)40(43,44)45;5-1(3(7)8)2(6)4(9)10/h6-15,17-18,20,23-24H,4-5,16,19,21-22,25-26H2,1-3H3;1-2,5-6H,(H,7,8)(H,9,10)/t;1-,2-/m.1/s1. The van der Waals surface area contributed by atoms with Gasteiger partial charge in [-0.05, 0) is 90.5 Å². The van der Waals surface area contributed by atoms with Crippen LogP contribution in [0.5, 0.6) is 0 Å². The molecular weight excluding hydrogens is 793 g/mol. The molecule has 0 unspecified atom stereocenters. The smallest absolute Gasteiger partial charge is 0.416 e. The molecule has 1 aromatic heterocycles. The molecule has 4 N–H and O–H groups in total. The van der Waals surface area contributed by atoms with Crippen molar-refractivity contribution in [3.05, 3.63) is 141 Å². The van der Waals surface area contributed by atoms with Gasteiger partial charge in [0, 0.05) is 37.3 Å². The molecule has 5 rings (SSSR count). The maximum atomic E-state index is 14.6. The molecule has 1 heterocycles. The number of aryl methyl sites for hydroxylation is 2. The Morgan fingerprint density at radius 2 is 1.32 bits per heavy atom. The van der Waals surface area contributed by atoms with Crippen molar-refractivity contribution in [2.24, 2.45) is 0 Å². The van der Waals surface area contributed by atoms with Crippen LogP contribution in [-0.2, 0) is 52.9 Å². The molecular formula is C44H46F5N3O8. The molecule has 1 amide bonds. The summed E-state index contributed by atoms with van der Waals surface area (Å²) < 4.78 is 69.3. The lowest BCUT2D eigenvalue weighted by atomic mass is 10.0. The summed E-state index contributed by atoms with van der Waals surface area (Å²) in [6, 6.07) is 23.4. The predicted molar refractivity (Wildman–Crippen MR) is 214 cm³/mol. The van der Waals surface area contributed by atoms with Crippen LogP contribution in [0.2, 0.25) is 0 Å². The van der Waals surface area contributed by atoms with Gasteiger partial charge >= 0.3 is 18.1 Å². The number of carbonyl (C=O) groups is 3. The van der Waals surface area contributed by atoms with Gasteiger partial charge in [0.05, 0.1) is 11.1 Å². The van der Waals surface area contributed by atoms with Gasteiger partial charge in [-0.25, -0.2) is 18.4 Å². The van der Waals surface area contributed by atoms with Crippen LogP contribution in [0.4, 0.5) is 22.0 Å². The fourth-order valence-electron chi connectivity index (χ4n) is 6.39. The number of hydrogen-bond acceptors (Lipinski definition) is 7. The number of aromatic nitrogens is 1. The lowest BCUT2D eigenvalue weighted by Crippen LogP contribution is -2.39. The molecule has 0 radical (unpaired) electrons. The number of halogens is 5. The van der Waals surface area contributed by atoms with Gasteiger partial charge in [0.1, 0.15) is 6.54 Å². The summed E-state index contributed by atoms with van der Waals surface area (Å²) in [6.45, 7) is 7.04. The van der Waals surface area contributed by atoms with Gasteiger partial charge in [-0.2, -0.15) is 13.2 Å². The Bertz CT molecular complexity index is 2310.